The lowest BCUT2D eigenvalue weighted by molar-refractivity contribution is -0.139. The summed E-state index contributed by atoms with van der Waals surface area (Å²) >= 11 is 0. The van der Waals surface area contributed by atoms with Crippen molar-refractivity contribution >= 4 is 5.97 Å². The monoisotopic (exact) mass is 306 g/mol. The Bertz CT molecular complexity index is 513. The number of esters is 1. The number of carbonyl (C=O) groups is 1. The third-order valence-corrected chi connectivity index (χ3v) is 3.59. The summed E-state index contributed by atoms with van der Waals surface area (Å²) in [6.45, 7) is 7.88. The van der Waals surface area contributed by atoms with Crippen LogP contribution in [0.5, 0.6) is 0 Å². The number of hydrogen-bond acceptors (Lipinski definition) is 5. The van der Waals surface area contributed by atoms with E-state index in [0.717, 1.165) is 5.56 Å². The van der Waals surface area contributed by atoms with Gasteiger partial charge < -0.3 is 19.3 Å². The van der Waals surface area contributed by atoms with Crippen molar-refractivity contribution in [1.29, 1.82) is 0 Å². The zero-order valence-corrected chi connectivity index (χ0v) is 12.9. The zero-order valence-electron chi connectivity index (χ0n) is 12.9. The van der Waals surface area contributed by atoms with Crippen molar-refractivity contribution in [3.05, 3.63) is 48.0 Å². The summed E-state index contributed by atoms with van der Waals surface area (Å²) < 4.78 is 16.0. The first-order valence-electron chi connectivity index (χ1n) is 7.39. The number of rotatable bonds is 8. The number of aliphatic hydroxyl groups excluding tert-OH is 1. The van der Waals surface area contributed by atoms with Crippen LogP contribution in [-0.4, -0.2) is 42.1 Å². The van der Waals surface area contributed by atoms with Crippen molar-refractivity contribution in [1.82, 2.24) is 0 Å². The molecule has 5 nitrogen and oxygen atoms in total. The smallest absolute Gasteiger partial charge is 0.336 e. The number of carbonyl (C=O) groups excluding carboxylic acids is 1. The molecule has 1 aliphatic heterocycles. The molecule has 0 bridgehead atoms. The van der Waals surface area contributed by atoms with E-state index in [9.17, 15) is 9.90 Å². The Morgan fingerprint density at radius 1 is 1.36 bits per heavy atom. The van der Waals surface area contributed by atoms with Crippen molar-refractivity contribution in [2.24, 2.45) is 0 Å². The highest BCUT2D eigenvalue weighted by molar-refractivity contribution is 5.89. The first-order chi connectivity index (χ1) is 10.5. The highest BCUT2D eigenvalue weighted by Gasteiger charge is 2.50. The molecule has 120 valence electrons. The maximum Gasteiger partial charge on any atom is 0.336 e. The lowest BCUT2D eigenvalue weighted by Crippen LogP contribution is -2.28. The van der Waals surface area contributed by atoms with E-state index in [2.05, 4.69) is 6.58 Å². The summed E-state index contributed by atoms with van der Waals surface area (Å²) in [7, 11) is 0. The minimum absolute atomic E-state index is 0.0182. The Balaban J connectivity index is 1.78. The number of epoxide rings is 1. The lowest BCUT2D eigenvalue weighted by atomic mass is 10.0. The molecule has 1 heterocycles. The zero-order chi connectivity index (χ0) is 16.1. The van der Waals surface area contributed by atoms with Crippen LogP contribution in [0.25, 0.3) is 0 Å². The standard InChI is InChI=1S/C17H22O5/c1-4-20-17(19)11(2)14(18)16-15(22-16)12(3)21-10-13-8-6-5-7-9-13/h5-9,12,14-16,18H,2,4,10H2,1,3H3/t12-,14+,15+,16-/m0/s1. The summed E-state index contributed by atoms with van der Waals surface area (Å²) in [5.41, 5.74) is 1.09. The van der Waals surface area contributed by atoms with E-state index in [4.69, 9.17) is 14.2 Å². The van der Waals surface area contributed by atoms with Gasteiger partial charge in [0.15, 0.2) is 0 Å². The van der Waals surface area contributed by atoms with Crippen LogP contribution in [0.2, 0.25) is 0 Å². The van der Waals surface area contributed by atoms with Gasteiger partial charge in [0.05, 0.1) is 24.9 Å². The van der Waals surface area contributed by atoms with Gasteiger partial charge in [0.1, 0.15) is 18.3 Å². The van der Waals surface area contributed by atoms with Gasteiger partial charge in [-0.25, -0.2) is 4.79 Å². The number of hydrogen-bond donors (Lipinski definition) is 1. The molecule has 1 aromatic rings. The van der Waals surface area contributed by atoms with Gasteiger partial charge in [-0.05, 0) is 19.4 Å². The van der Waals surface area contributed by atoms with Crippen LogP contribution in [0.3, 0.4) is 0 Å². The van der Waals surface area contributed by atoms with Crippen LogP contribution in [0, 0.1) is 0 Å². The molecule has 1 aromatic carbocycles. The molecule has 0 amide bonds. The maximum absolute atomic E-state index is 11.5. The van der Waals surface area contributed by atoms with E-state index < -0.39 is 18.2 Å². The largest absolute Gasteiger partial charge is 0.463 e. The summed E-state index contributed by atoms with van der Waals surface area (Å²) in [5, 5.41) is 10.1. The van der Waals surface area contributed by atoms with Crippen molar-refractivity contribution in [2.45, 2.75) is 44.9 Å². The second kappa shape index (κ2) is 7.54. The fourth-order valence-corrected chi connectivity index (χ4v) is 2.21. The molecule has 22 heavy (non-hydrogen) atoms. The Morgan fingerprint density at radius 2 is 2.05 bits per heavy atom. The summed E-state index contributed by atoms with van der Waals surface area (Å²) in [6.07, 6.45) is -1.96. The van der Waals surface area contributed by atoms with E-state index in [0.29, 0.717) is 6.61 Å². The average Bonchev–Trinajstić information content (AvgIpc) is 3.33. The van der Waals surface area contributed by atoms with Crippen LogP contribution in [0.15, 0.2) is 42.5 Å². The first kappa shape index (κ1) is 16.7. The van der Waals surface area contributed by atoms with Crippen molar-refractivity contribution in [3.8, 4) is 0 Å². The molecular weight excluding hydrogens is 284 g/mol. The number of benzene rings is 1. The highest BCUT2D eigenvalue weighted by atomic mass is 16.6. The van der Waals surface area contributed by atoms with Gasteiger partial charge in [-0.1, -0.05) is 36.9 Å². The molecule has 1 aliphatic rings. The van der Waals surface area contributed by atoms with Gasteiger partial charge in [-0.2, -0.15) is 0 Å². The molecule has 4 atom stereocenters. The molecular formula is C17H22O5. The molecule has 0 saturated carbocycles. The van der Waals surface area contributed by atoms with Gasteiger partial charge >= 0.3 is 5.97 Å². The molecule has 0 aliphatic carbocycles. The molecule has 0 spiro atoms. The predicted molar refractivity (Wildman–Crippen MR) is 81.1 cm³/mol. The SMILES string of the molecule is C=C(C(=O)OCC)[C@@H](O)[C@@H]1O[C@@H]1[C@H](C)OCc1ccccc1. The van der Waals surface area contributed by atoms with Gasteiger partial charge in [-0.15, -0.1) is 0 Å². The van der Waals surface area contributed by atoms with Crippen LogP contribution >= 0.6 is 0 Å². The van der Waals surface area contributed by atoms with Crippen LogP contribution < -0.4 is 0 Å². The van der Waals surface area contributed by atoms with Crippen LogP contribution in [-0.2, 0) is 25.6 Å². The van der Waals surface area contributed by atoms with E-state index in [-0.39, 0.29) is 24.4 Å². The topological polar surface area (TPSA) is 68.3 Å². The molecule has 1 saturated heterocycles. The van der Waals surface area contributed by atoms with E-state index in [1.54, 1.807) is 6.92 Å². The Hall–Kier alpha value is -1.69. The van der Waals surface area contributed by atoms with Crippen molar-refractivity contribution < 1.29 is 24.1 Å². The molecule has 2 rings (SSSR count). The summed E-state index contributed by atoms with van der Waals surface area (Å²) in [5.74, 6) is -0.595. The lowest BCUT2D eigenvalue weighted by Gasteiger charge is -2.13. The minimum atomic E-state index is -1.06. The fourth-order valence-electron chi connectivity index (χ4n) is 2.21. The average molecular weight is 306 g/mol. The Labute approximate surface area is 130 Å². The minimum Gasteiger partial charge on any atom is -0.463 e. The quantitative estimate of drug-likeness (QED) is 0.451. The molecule has 1 N–H and O–H groups in total. The molecule has 1 fully saturated rings. The summed E-state index contributed by atoms with van der Waals surface area (Å²) in [4.78, 5) is 11.5. The third-order valence-electron chi connectivity index (χ3n) is 3.59. The second-order valence-electron chi connectivity index (χ2n) is 5.26. The molecule has 0 unspecified atom stereocenters. The normalized spacial score (nSPS) is 22.7. The van der Waals surface area contributed by atoms with E-state index >= 15 is 0 Å². The molecule has 0 radical (unpaired) electrons. The van der Waals surface area contributed by atoms with E-state index in [1.807, 2.05) is 37.3 Å². The molecule has 5 heteroatoms. The van der Waals surface area contributed by atoms with E-state index in [1.165, 1.54) is 0 Å². The van der Waals surface area contributed by atoms with Gasteiger partial charge in [0.25, 0.3) is 0 Å². The number of aliphatic hydroxyl groups is 1. The third kappa shape index (κ3) is 4.16. The van der Waals surface area contributed by atoms with Gasteiger partial charge in [-0.3, -0.25) is 0 Å². The van der Waals surface area contributed by atoms with Gasteiger partial charge in [0, 0.05) is 0 Å². The Morgan fingerprint density at radius 3 is 2.68 bits per heavy atom. The Kier molecular flexibility index (Phi) is 5.71. The van der Waals surface area contributed by atoms with Crippen LogP contribution in [0.1, 0.15) is 19.4 Å². The maximum atomic E-state index is 11.5. The van der Waals surface area contributed by atoms with Crippen LogP contribution in [0.4, 0.5) is 0 Å². The molecule has 0 aromatic heterocycles. The van der Waals surface area contributed by atoms with Crippen molar-refractivity contribution in [2.75, 3.05) is 6.61 Å². The fraction of sp³-hybridized carbons (Fsp3) is 0.471. The number of ether oxygens (including phenoxy) is 3. The highest BCUT2D eigenvalue weighted by Crippen LogP contribution is 2.33. The predicted octanol–water partition coefficient (Wildman–Crippen LogP) is 1.84. The first-order valence-corrected chi connectivity index (χ1v) is 7.39. The van der Waals surface area contributed by atoms with Crippen molar-refractivity contribution in [3.63, 3.8) is 0 Å². The van der Waals surface area contributed by atoms with Gasteiger partial charge in [0.2, 0.25) is 0 Å². The second-order valence-corrected chi connectivity index (χ2v) is 5.26. The summed E-state index contributed by atoms with van der Waals surface area (Å²) in [6, 6.07) is 9.81.